The van der Waals surface area contributed by atoms with Crippen LogP contribution in [0.25, 0.3) is 11.1 Å². The molecule has 0 spiro atoms. The normalized spacial score (nSPS) is 16.2. The van der Waals surface area contributed by atoms with E-state index in [0.717, 1.165) is 16.7 Å². The molecule has 0 bridgehead atoms. The van der Waals surface area contributed by atoms with E-state index < -0.39 is 42.3 Å². The van der Waals surface area contributed by atoms with Crippen molar-refractivity contribution in [3.05, 3.63) is 147 Å². The number of anilines is 1. The van der Waals surface area contributed by atoms with Crippen molar-refractivity contribution in [3.8, 4) is 28.7 Å². The lowest BCUT2D eigenvalue weighted by atomic mass is 9.91. The summed E-state index contributed by atoms with van der Waals surface area (Å²) in [6.07, 6.45) is -2.16. The van der Waals surface area contributed by atoms with Crippen molar-refractivity contribution in [2.24, 2.45) is 0 Å². The van der Waals surface area contributed by atoms with Crippen molar-refractivity contribution in [2.75, 3.05) is 11.9 Å². The van der Waals surface area contributed by atoms with E-state index in [-0.39, 0.29) is 31.9 Å². The van der Waals surface area contributed by atoms with Gasteiger partial charge >= 0.3 is 12.1 Å². The second-order valence-corrected chi connectivity index (χ2v) is 15.7. The van der Waals surface area contributed by atoms with E-state index in [0.29, 0.717) is 55.0 Å². The van der Waals surface area contributed by atoms with E-state index in [1.54, 1.807) is 93.7 Å². The van der Waals surface area contributed by atoms with Gasteiger partial charge in [0.05, 0.1) is 40.0 Å². The van der Waals surface area contributed by atoms with Gasteiger partial charge in [-0.15, -0.1) is 0 Å². The largest absolute Gasteiger partial charge is 0.489 e. The Hall–Kier alpha value is -6.55. The summed E-state index contributed by atoms with van der Waals surface area (Å²) in [5, 5.41) is 22.8. The predicted octanol–water partition coefficient (Wildman–Crippen LogP) is 8.29. The lowest BCUT2D eigenvalue weighted by molar-refractivity contribution is -0.142. The van der Waals surface area contributed by atoms with E-state index in [1.165, 1.54) is 9.80 Å². The summed E-state index contributed by atoms with van der Waals surface area (Å²) in [4.78, 5) is 56.5. The quantitative estimate of drug-likeness (QED) is 0.133. The maximum absolute atomic E-state index is 14.0. The number of nitrogens with zero attached hydrogens (tertiary/aromatic N) is 3. The van der Waals surface area contributed by atoms with Crippen LogP contribution in [-0.4, -0.2) is 59.1 Å². The van der Waals surface area contributed by atoms with Gasteiger partial charge < -0.3 is 29.5 Å². The van der Waals surface area contributed by atoms with Crippen LogP contribution in [0, 0.1) is 11.3 Å². The Balaban J connectivity index is 1.07. The molecule has 1 unspecified atom stereocenters. The monoisotopic (exact) mass is 846 g/mol. The second-order valence-electron chi connectivity index (χ2n) is 14.9. The SMILES string of the molecule is CC(C)OC(=O)N1Cc2cc3c(cc2CC1C(=O)N[C@@H](Cc1ccc(-c2ccc(C#N)cc2)cc1)C(=O)O)N(C)C(=O)[C@H](c1ccc(OCc2ccc(Cl)c(Cl)c2)cc1)O3. The Bertz CT molecular complexity index is 2490. The number of carbonyl (C=O) groups excluding carboxylic acids is 3. The number of hydrogen-bond acceptors (Lipinski definition) is 8. The van der Waals surface area contributed by atoms with Gasteiger partial charge in [-0.25, -0.2) is 9.59 Å². The lowest BCUT2D eigenvalue weighted by Crippen LogP contribution is -2.56. The van der Waals surface area contributed by atoms with Crippen molar-refractivity contribution < 1.29 is 38.5 Å². The molecule has 306 valence electrons. The van der Waals surface area contributed by atoms with Gasteiger partial charge in [0, 0.05) is 25.5 Å². The third kappa shape index (κ3) is 9.18. The average Bonchev–Trinajstić information content (AvgIpc) is 3.24. The van der Waals surface area contributed by atoms with Crippen LogP contribution in [0.15, 0.2) is 103 Å². The van der Waals surface area contributed by atoms with Crippen molar-refractivity contribution in [3.63, 3.8) is 0 Å². The summed E-state index contributed by atoms with van der Waals surface area (Å²) in [7, 11) is 1.64. The minimum Gasteiger partial charge on any atom is -0.489 e. The first-order valence-corrected chi connectivity index (χ1v) is 19.9. The first kappa shape index (κ1) is 41.6. The molecule has 60 heavy (non-hydrogen) atoms. The molecule has 0 aromatic heterocycles. The highest BCUT2D eigenvalue weighted by Crippen LogP contribution is 2.42. The van der Waals surface area contributed by atoms with Gasteiger partial charge in [0.25, 0.3) is 5.91 Å². The smallest absolute Gasteiger partial charge is 0.411 e. The number of fused-ring (bicyclic) bond motifs is 2. The fraction of sp³-hybridized carbons (Fsp3) is 0.239. The van der Waals surface area contributed by atoms with Gasteiger partial charge in [-0.2, -0.15) is 5.26 Å². The van der Waals surface area contributed by atoms with Crippen LogP contribution in [-0.2, 0) is 45.1 Å². The molecule has 5 aromatic rings. The van der Waals surface area contributed by atoms with Crippen molar-refractivity contribution >= 4 is 52.8 Å². The summed E-state index contributed by atoms with van der Waals surface area (Å²) in [5.41, 5.74) is 6.30. The number of carboxylic acid groups (broad SMARTS) is 1. The van der Waals surface area contributed by atoms with Crippen molar-refractivity contribution in [1.29, 1.82) is 5.26 Å². The van der Waals surface area contributed by atoms with E-state index in [4.69, 9.17) is 42.7 Å². The van der Waals surface area contributed by atoms with Crippen LogP contribution < -0.4 is 19.7 Å². The molecule has 0 radical (unpaired) electrons. The zero-order valence-corrected chi connectivity index (χ0v) is 34.4. The first-order valence-electron chi connectivity index (χ1n) is 19.1. The van der Waals surface area contributed by atoms with Crippen molar-refractivity contribution in [2.45, 2.75) is 64.1 Å². The van der Waals surface area contributed by atoms with Crippen LogP contribution in [0.4, 0.5) is 10.5 Å². The minimum atomic E-state index is -1.30. The Kier molecular flexibility index (Phi) is 12.3. The summed E-state index contributed by atoms with van der Waals surface area (Å²) in [6.45, 7) is 3.63. The summed E-state index contributed by atoms with van der Waals surface area (Å²) < 4.78 is 17.8. The standard InChI is InChI=1S/C46H40Cl2N4O8/c1-26(2)59-46(57)52-24-34-22-41-39(51(3)44(54)42(60-41)32-13-15-35(16-14-32)58-25-29-8-17-36(47)37(48)18-29)20-33(34)21-40(52)43(53)50-38(45(55)56)19-27-4-9-30(10-5-27)31-11-6-28(23-49)7-12-31/h4-18,20,22,26,38,40,42H,19,21,24-25H2,1-3H3,(H,50,53)(H,55,56)/t38-,40?,42-/m0/s1. The third-order valence-electron chi connectivity index (χ3n) is 10.4. The molecule has 2 aliphatic heterocycles. The fourth-order valence-electron chi connectivity index (χ4n) is 7.15. The number of benzene rings is 5. The van der Waals surface area contributed by atoms with E-state index in [2.05, 4.69) is 11.4 Å². The number of carbonyl (C=O) groups is 4. The number of carboxylic acids is 1. The Morgan fingerprint density at radius 1 is 0.900 bits per heavy atom. The Labute approximate surface area is 356 Å². The first-order chi connectivity index (χ1) is 28.8. The molecule has 0 aliphatic carbocycles. The molecular formula is C46H40Cl2N4O8. The van der Waals surface area contributed by atoms with Crippen LogP contribution in [0.1, 0.15) is 53.3 Å². The average molecular weight is 848 g/mol. The minimum absolute atomic E-state index is 0.0120. The molecule has 0 fully saturated rings. The molecule has 2 heterocycles. The predicted molar refractivity (Wildman–Crippen MR) is 225 cm³/mol. The van der Waals surface area contributed by atoms with E-state index >= 15 is 0 Å². The van der Waals surface area contributed by atoms with Gasteiger partial charge in [-0.05, 0) is 95.8 Å². The number of ether oxygens (including phenoxy) is 3. The number of nitriles is 1. The van der Waals surface area contributed by atoms with Gasteiger partial charge in [0.15, 0.2) is 0 Å². The summed E-state index contributed by atoms with van der Waals surface area (Å²) in [6, 6.07) is 29.9. The maximum Gasteiger partial charge on any atom is 0.411 e. The molecule has 2 N–H and O–H groups in total. The number of hydrogen-bond donors (Lipinski definition) is 2. The zero-order valence-electron chi connectivity index (χ0n) is 32.9. The van der Waals surface area contributed by atoms with Gasteiger partial charge in [0.2, 0.25) is 12.0 Å². The van der Waals surface area contributed by atoms with E-state index in [9.17, 15) is 24.3 Å². The number of rotatable bonds is 11. The lowest BCUT2D eigenvalue weighted by Gasteiger charge is -2.38. The number of nitrogens with one attached hydrogen (secondary N) is 1. The number of likely N-dealkylation sites (N-methyl/N-ethyl adjacent to an activating group) is 1. The molecular weight excluding hydrogens is 807 g/mol. The highest BCUT2D eigenvalue weighted by molar-refractivity contribution is 6.42. The topological polar surface area (TPSA) is 158 Å². The number of aliphatic carboxylic acids is 1. The highest BCUT2D eigenvalue weighted by Gasteiger charge is 2.40. The highest BCUT2D eigenvalue weighted by atomic mass is 35.5. The summed E-state index contributed by atoms with van der Waals surface area (Å²) >= 11 is 12.2. The Morgan fingerprint density at radius 3 is 2.20 bits per heavy atom. The van der Waals surface area contributed by atoms with Gasteiger partial charge in [0.1, 0.15) is 30.2 Å². The number of halogens is 2. The molecule has 3 atom stereocenters. The molecule has 0 saturated carbocycles. The molecule has 0 saturated heterocycles. The molecule has 2 aliphatic rings. The van der Waals surface area contributed by atoms with E-state index in [1.807, 2.05) is 30.3 Å². The van der Waals surface area contributed by atoms with Crippen LogP contribution in [0.5, 0.6) is 11.5 Å². The molecule has 12 nitrogen and oxygen atoms in total. The molecule has 14 heteroatoms. The van der Waals surface area contributed by atoms with Crippen LogP contribution in [0.3, 0.4) is 0 Å². The zero-order chi connectivity index (χ0) is 42.7. The fourth-order valence-corrected chi connectivity index (χ4v) is 7.47. The third-order valence-corrected chi connectivity index (χ3v) is 11.1. The number of amides is 3. The molecule has 3 amide bonds. The van der Waals surface area contributed by atoms with Gasteiger partial charge in [-0.1, -0.05) is 77.8 Å². The maximum atomic E-state index is 14.0. The van der Waals surface area contributed by atoms with Crippen molar-refractivity contribution in [1.82, 2.24) is 10.2 Å². The second kappa shape index (κ2) is 17.7. The van der Waals surface area contributed by atoms with Gasteiger partial charge in [-0.3, -0.25) is 14.5 Å². The van der Waals surface area contributed by atoms with Crippen LogP contribution >= 0.6 is 23.2 Å². The van der Waals surface area contributed by atoms with Crippen LogP contribution in [0.2, 0.25) is 10.0 Å². The molecule has 5 aromatic carbocycles. The molecule has 7 rings (SSSR count). The summed E-state index contributed by atoms with van der Waals surface area (Å²) in [5.74, 6) is -1.22. The Morgan fingerprint density at radius 2 is 1.57 bits per heavy atom.